The van der Waals surface area contributed by atoms with Gasteiger partial charge in [-0.2, -0.15) is 9.29 Å². The van der Waals surface area contributed by atoms with Crippen molar-refractivity contribution in [1.29, 1.82) is 0 Å². The molecule has 0 aliphatic carbocycles. The Morgan fingerprint density at radius 2 is 1.71 bits per heavy atom. The van der Waals surface area contributed by atoms with Crippen LogP contribution >= 0.6 is 0 Å². The van der Waals surface area contributed by atoms with Crippen molar-refractivity contribution in [3.8, 4) is 11.5 Å². The minimum absolute atomic E-state index is 0.165. The molecule has 9 nitrogen and oxygen atoms in total. The van der Waals surface area contributed by atoms with Crippen molar-refractivity contribution in [3.05, 3.63) is 30.0 Å². The van der Waals surface area contributed by atoms with Crippen molar-refractivity contribution in [2.24, 2.45) is 0 Å². The second-order valence-electron chi connectivity index (χ2n) is 7.09. The maximum absolute atomic E-state index is 13.3. The van der Waals surface area contributed by atoms with E-state index in [1.165, 1.54) is 4.31 Å². The summed E-state index contributed by atoms with van der Waals surface area (Å²) >= 11 is 0. The molecule has 0 spiro atoms. The molecule has 1 aromatic carbocycles. The van der Waals surface area contributed by atoms with Gasteiger partial charge in [-0.25, -0.2) is 13.4 Å². The number of rotatable bonds is 9. The van der Waals surface area contributed by atoms with Gasteiger partial charge in [0.15, 0.2) is 0 Å². The Morgan fingerprint density at radius 3 is 2.35 bits per heavy atom. The lowest BCUT2D eigenvalue weighted by Crippen LogP contribution is -2.49. The molecule has 1 aliphatic heterocycles. The van der Waals surface area contributed by atoms with E-state index in [1.807, 2.05) is 33.8 Å². The van der Waals surface area contributed by atoms with E-state index in [0.717, 1.165) is 18.1 Å². The van der Waals surface area contributed by atoms with Gasteiger partial charge in [0.25, 0.3) is 0 Å². The third-order valence-electron chi connectivity index (χ3n) is 4.88. The Bertz CT molecular complexity index is 991. The van der Waals surface area contributed by atoms with Crippen LogP contribution in [0.1, 0.15) is 26.5 Å². The number of hydrogen-bond acceptors (Lipinski definition) is 8. The standard InChI is InChI=1S/C21H31N5O4S/c1-5-22-21-23-16(4)14-20(24-21)25-10-12-26(13-11-25)31(27,28)19-9-8-17(29-6-2)15-18(19)30-7-3/h8-9,14-15H,5-7,10-13H2,1-4H3,(H,22,23,24). The molecular formula is C21H31N5O4S. The highest BCUT2D eigenvalue weighted by molar-refractivity contribution is 7.89. The van der Waals surface area contributed by atoms with Crippen LogP contribution in [-0.2, 0) is 10.0 Å². The molecule has 0 radical (unpaired) electrons. The molecule has 170 valence electrons. The van der Waals surface area contributed by atoms with Crippen LogP contribution < -0.4 is 19.7 Å². The Hall–Kier alpha value is -2.59. The first-order chi connectivity index (χ1) is 14.9. The molecule has 10 heteroatoms. The van der Waals surface area contributed by atoms with Gasteiger partial charge < -0.3 is 19.7 Å². The van der Waals surface area contributed by atoms with Crippen molar-refractivity contribution < 1.29 is 17.9 Å². The number of aryl methyl sites for hydroxylation is 1. The van der Waals surface area contributed by atoms with Gasteiger partial charge in [-0.3, -0.25) is 0 Å². The third kappa shape index (κ3) is 5.37. The molecule has 1 saturated heterocycles. The SMILES string of the molecule is CCNc1nc(C)cc(N2CCN(S(=O)(=O)c3ccc(OCC)cc3OCC)CC2)n1. The Kier molecular flexibility index (Phi) is 7.55. The smallest absolute Gasteiger partial charge is 0.246 e. The zero-order valence-corrected chi connectivity index (χ0v) is 19.4. The fourth-order valence-electron chi connectivity index (χ4n) is 3.47. The Labute approximate surface area is 184 Å². The van der Waals surface area contributed by atoms with Crippen LogP contribution in [0.15, 0.2) is 29.2 Å². The molecule has 1 aliphatic rings. The molecule has 0 amide bonds. The van der Waals surface area contributed by atoms with E-state index >= 15 is 0 Å². The Morgan fingerprint density at radius 1 is 1.00 bits per heavy atom. The summed E-state index contributed by atoms with van der Waals surface area (Å²) in [7, 11) is -3.70. The number of nitrogens with zero attached hydrogens (tertiary/aromatic N) is 4. The van der Waals surface area contributed by atoms with Crippen LogP contribution in [0.2, 0.25) is 0 Å². The molecule has 2 aromatic rings. The van der Waals surface area contributed by atoms with Crippen LogP contribution in [0.25, 0.3) is 0 Å². The molecule has 0 saturated carbocycles. The van der Waals surface area contributed by atoms with Gasteiger partial charge >= 0.3 is 0 Å². The van der Waals surface area contributed by atoms with Crippen LogP contribution in [0.4, 0.5) is 11.8 Å². The molecule has 2 heterocycles. The predicted octanol–water partition coefficient (Wildman–Crippen LogP) is 2.53. The molecule has 0 unspecified atom stereocenters. The van der Waals surface area contributed by atoms with Gasteiger partial charge in [-0.15, -0.1) is 0 Å². The van der Waals surface area contributed by atoms with Gasteiger partial charge in [0.1, 0.15) is 22.2 Å². The summed E-state index contributed by atoms with van der Waals surface area (Å²) in [6.07, 6.45) is 0. The maximum Gasteiger partial charge on any atom is 0.246 e. The van der Waals surface area contributed by atoms with Gasteiger partial charge in [0, 0.05) is 50.6 Å². The fraction of sp³-hybridized carbons (Fsp3) is 0.524. The van der Waals surface area contributed by atoms with Gasteiger partial charge in [0.05, 0.1) is 13.2 Å². The number of nitrogens with one attached hydrogen (secondary N) is 1. The molecule has 0 bridgehead atoms. The molecular weight excluding hydrogens is 418 g/mol. The first-order valence-electron chi connectivity index (χ1n) is 10.6. The number of aromatic nitrogens is 2. The number of anilines is 2. The number of piperazine rings is 1. The van der Waals surface area contributed by atoms with Crippen molar-refractivity contribution in [2.75, 3.05) is 56.2 Å². The minimum Gasteiger partial charge on any atom is -0.494 e. The molecule has 1 N–H and O–H groups in total. The number of ether oxygens (including phenoxy) is 2. The van der Waals surface area contributed by atoms with Gasteiger partial charge in [0.2, 0.25) is 16.0 Å². The second kappa shape index (κ2) is 10.1. The van der Waals surface area contributed by atoms with Gasteiger partial charge in [-0.05, 0) is 39.8 Å². The summed E-state index contributed by atoms with van der Waals surface area (Å²) in [5.74, 6) is 2.29. The lowest BCUT2D eigenvalue weighted by molar-refractivity contribution is 0.314. The summed E-state index contributed by atoms with van der Waals surface area (Å²) in [5, 5.41) is 3.13. The molecule has 3 rings (SSSR count). The molecule has 1 fully saturated rings. The fourth-order valence-corrected chi connectivity index (χ4v) is 5.01. The van der Waals surface area contributed by atoms with E-state index in [-0.39, 0.29) is 4.90 Å². The van der Waals surface area contributed by atoms with E-state index in [9.17, 15) is 8.42 Å². The monoisotopic (exact) mass is 449 g/mol. The highest BCUT2D eigenvalue weighted by Crippen LogP contribution is 2.32. The van der Waals surface area contributed by atoms with E-state index < -0.39 is 10.0 Å². The number of sulfonamides is 1. The van der Waals surface area contributed by atoms with E-state index in [4.69, 9.17) is 9.47 Å². The minimum atomic E-state index is -3.70. The van der Waals surface area contributed by atoms with Crippen LogP contribution in [-0.4, -0.2) is 68.6 Å². The quantitative estimate of drug-likeness (QED) is 0.624. The summed E-state index contributed by atoms with van der Waals surface area (Å²) in [5.41, 5.74) is 0.867. The number of benzene rings is 1. The maximum atomic E-state index is 13.3. The molecule has 31 heavy (non-hydrogen) atoms. The van der Waals surface area contributed by atoms with E-state index in [1.54, 1.807) is 18.2 Å². The summed E-state index contributed by atoms with van der Waals surface area (Å²) in [4.78, 5) is 11.2. The van der Waals surface area contributed by atoms with E-state index in [2.05, 4.69) is 20.2 Å². The van der Waals surface area contributed by atoms with Crippen molar-refractivity contribution >= 4 is 21.8 Å². The third-order valence-corrected chi connectivity index (χ3v) is 6.82. The van der Waals surface area contributed by atoms with Crippen LogP contribution in [0.3, 0.4) is 0 Å². The van der Waals surface area contributed by atoms with Crippen molar-refractivity contribution in [3.63, 3.8) is 0 Å². The molecule has 0 atom stereocenters. The molecule has 1 aromatic heterocycles. The summed E-state index contributed by atoms with van der Waals surface area (Å²) in [6, 6.07) is 6.79. The summed E-state index contributed by atoms with van der Waals surface area (Å²) in [6.45, 7) is 11.0. The van der Waals surface area contributed by atoms with E-state index in [0.29, 0.717) is 56.8 Å². The predicted molar refractivity (Wildman–Crippen MR) is 121 cm³/mol. The highest BCUT2D eigenvalue weighted by Gasteiger charge is 2.31. The first kappa shape index (κ1) is 23.1. The first-order valence-corrected chi connectivity index (χ1v) is 12.1. The topological polar surface area (TPSA) is 96.9 Å². The largest absolute Gasteiger partial charge is 0.494 e. The zero-order chi connectivity index (χ0) is 22.4. The lowest BCUT2D eigenvalue weighted by atomic mass is 10.3. The second-order valence-corrected chi connectivity index (χ2v) is 8.99. The lowest BCUT2D eigenvalue weighted by Gasteiger charge is -2.35. The van der Waals surface area contributed by atoms with Crippen molar-refractivity contribution in [2.45, 2.75) is 32.6 Å². The normalized spacial score (nSPS) is 15.0. The Balaban J connectivity index is 1.77. The van der Waals surface area contributed by atoms with Gasteiger partial charge in [-0.1, -0.05) is 0 Å². The van der Waals surface area contributed by atoms with Crippen LogP contribution in [0.5, 0.6) is 11.5 Å². The van der Waals surface area contributed by atoms with Crippen molar-refractivity contribution in [1.82, 2.24) is 14.3 Å². The highest BCUT2D eigenvalue weighted by atomic mass is 32.2. The van der Waals surface area contributed by atoms with Crippen LogP contribution in [0, 0.1) is 6.92 Å². The summed E-state index contributed by atoms with van der Waals surface area (Å²) < 4.78 is 39.3. The zero-order valence-electron chi connectivity index (χ0n) is 18.6. The number of hydrogen-bond donors (Lipinski definition) is 1. The average Bonchev–Trinajstić information content (AvgIpc) is 2.74. The average molecular weight is 450 g/mol.